The van der Waals surface area contributed by atoms with Crippen molar-refractivity contribution < 1.29 is 19.7 Å². The molecule has 0 unspecified atom stereocenters. The molecule has 0 spiro atoms. The minimum Gasteiger partial charge on any atom is -0.508 e. The molecule has 0 aliphatic heterocycles. The Kier molecular flexibility index (Phi) is 12.4. The second kappa shape index (κ2) is 14.5. The van der Waals surface area contributed by atoms with Crippen molar-refractivity contribution in [2.45, 2.75) is 97.3 Å². The van der Waals surface area contributed by atoms with Gasteiger partial charge in [0.05, 0.1) is 6.42 Å². The number of unbranched alkanes of at least 4 members (excludes halogenated alkanes) is 9. The SMILES string of the molecule is CCCCCCCCCCC(=O)OOc1cc(O)cc(CCCCC)c1. The monoisotopic (exact) mass is 364 g/mol. The molecule has 26 heavy (non-hydrogen) atoms. The van der Waals surface area contributed by atoms with E-state index in [0.29, 0.717) is 12.2 Å². The molecule has 1 N–H and O–H groups in total. The van der Waals surface area contributed by atoms with Crippen molar-refractivity contribution in [1.82, 2.24) is 0 Å². The molecule has 1 rings (SSSR count). The molecule has 0 bridgehead atoms. The number of carbonyl (C=O) groups is 1. The zero-order valence-corrected chi connectivity index (χ0v) is 16.6. The van der Waals surface area contributed by atoms with Gasteiger partial charge in [-0.25, -0.2) is 4.79 Å². The highest BCUT2D eigenvalue weighted by atomic mass is 17.2. The lowest BCUT2D eigenvalue weighted by Crippen LogP contribution is -2.07. The molecule has 4 heteroatoms. The van der Waals surface area contributed by atoms with Gasteiger partial charge in [0.25, 0.3) is 0 Å². The van der Waals surface area contributed by atoms with Crippen LogP contribution in [0.1, 0.15) is 96.5 Å². The topological polar surface area (TPSA) is 55.8 Å². The van der Waals surface area contributed by atoms with E-state index in [1.807, 2.05) is 6.07 Å². The minimum atomic E-state index is -0.355. The summed E-state index contributed by atoms with van der Waals surface area (Å²) in [6.45, 7) is 4.38. The highest BCUT2D eigenvalue weighted by Gasteiger charge is 2.07. The second-order valence-electron chi connectivity index (χ2n) is 7.06. The molecule has 0 amide bonds. The number of benzene rings is 1. The average molecular weight is 365 g/mol. The van der Waals surface area contributed by atoms with Crippen molar-refractivity contribution in [2.75, 3.05) is 0 Å². The molecule has 0 heterocycles. The van der Waals surface area contributed by atoms with Crippen LogP contribution in [0.5, 0.6) is 11.5 Å². The fraction of sp³-hybridized carbons (Fsp3) is 0.682. The highest BCUT2D eigenvalue weighted by Crippen LogP contribution is 2.23. The van der Waals surface area contributed by atoms with Crippen LogP contribution in [0.4, 0.5) is 0 Å². The van der Waals surface area contributed by atoms with Crippen LogP contribution in [0.25, 0.3) is 0 Å². The summed E-state index contributed by atoms with van der Waals surface area (Å²) in [7, 11) is 0. The van der Waals surface area contributed by atoms with Gasteiger partial charge in [0.2, 0.25) is 0 Å². The normalized spacial score (nSPS) is 10.7. The van der Waals surface area contributed by atoms with Gasteiger partial charge in [-0.15, -0.1) is 0 Å². The molecule has 4 nitrogen and oxygen atoms in total. The number of aromatic hydroxyl groups is 1. The third kappa shape index (κ3) is 11.0. The summed E-state index contributed by atoms with van der Waals surface area (Å²) in [6.07, 6.45) is 14.1. The van der Waals surface area contributed by atoms with Crippen LogP contribution >= 0.6 is 0 Å². The van der Waals surface area contributed by atoms with Gasteiger partial charge in [-0.1, -0.05) is 71.6 Å². The molecule has 0 aliphatic carbocycles. The molecule has 1 aromatic carbocycles. The van der Waals surface area contributed by atoms with Crippen LogP contribution in [0.15, 0.2) is 18.2 Å². The maximum Gasteiger partial charge on any atom is 0.355 e. The maximum absolute atomic E-state index is 11.8. The summed E-state index contributed by atoms with van der Waals surface area (Å²) in [5.74, 6) is 0.153. The fourth-order valence-electron chi connectivity index (χ4n) is 2.95. The van der Waals surface area contributed by atoms with Gasteiger partial charge in [0.1, 0.15) is 5.75 Å². The Hall–Kier alpha value is -1.71. The van der Waals surface area contributed by atoms with E-state index in [9.17, 15) is 9.90 Å². The Morgan fingerprint density at radius 2 is 1.46 bits per heavy atom. The van der Waals surface area contributed by atoms with Crippen molar-refractivity contribution in [3.63, 3.8) is 0 Å². The van der Waals surface area contributed by atoms with Crippen molar-refractivity contribution in [1.29, 1.82) is 0 Å². The van der Waals surface area contributed by atoms with E-state index >= 15 is 0 Å². The molecule has 0 fully saturated rings. The smallest absolute Gasteiger partial charge is 0.355 e. The van der Waals surface area contributed by atoms with E-state index < -0.39 is 0 Å². The van der Waals surface area contributed by atoms with Crippen LogP contribution in [-0.2, 0) is 16.1 Å². The number of carbonyl (C=O) groups excluding carboxylic acids is 1. The van der Waals surface area contributed by atoms with E-state index in [0.717, 1.165) is 44.1 Å². The zero-order chi connectivity index (χ0) is 19.0. The summed E-state index contributed by atoms with van der Waals surface area (Å²) in [5, 5.41) is 9.77. The number of hydrogen-bond donors (Lipinski definition) is 1. The molecular weight excluding hydrogens is 328 g/mol. The molecule has 0 saturated heterocycles. The first kappa shape index (κ1) is 22.3. The first-order valence-electron chi connectivity index (χ1n) is 10.4. The Balaban J connectivity index is 2.19. The zero-order valence-electron chi connectivity index (χ0n) is 16.6. The Labute approximate surface area is 158 Å². The lowest BCUT2D eigenvalue weighted by atomic mass is 10.1. The minimum absolute atomic E-state index is 0.133. The van der Waals surface area contributed by atoms with E-state index in [4.69, 9.17) is 9.78 Å². The summed E-state index contributed by atoms with van der Waals surface area (Å²) >= 11 is 0. The van der Waals surface area contributed by atoms with Crippen LogP contribution in [-0.4, -0.2) is 11.1 Å². The van der Waals surface area contributed by atoms with Gasteiger partial charge in [-0.05, 0) is 37.0 Å². The van der Waals surface area contributed by atoms with E-state index in [1.165, 1.54) is 44.6 Å². The summed E-state index contributed by atoms with van der Waals surface area (Å²) in [5.41, 5.74) is 0.993. The molecule has 0 radical (unpaired) electrons. The molecule has 1 aromatic rings. The molecule has 0 saturated carbocycles. The number of rotatable bonds is 15. The number of phenolic OH excluding ortho intramolecular Hbond substituents is 1. The summed E-state index contributed by atoms with van der Waals surface area (Å²) < 4.78 is 0. The second-order valence-corrected chi connectivity index (χ2v) is 7.06. The summed E-state index contributed by atoms with van der Waals surface area (Å²) in [6, 6.07) is 5.01. The molecule has 0 aromatic heterocycles. The van der Waals surface area contributed by atoms with Crippen LogP contribution in [0, 0.1) is 0 Å². The van der Waals surface area contributed by atoms with Crippen molar-refractivity contribution in [3.05, 3.63) is 23.8 Å². The standard InChI is InChI=1S/C22H36O4/c1-3-5-7-8-9-10-11-13-15-22(24)26-25-21-17-19(14-12-6-4-2)16-20(23)18-21/h16-18,23H,3-15H2,1-2H3. The number of hydrogen-bond acceptors (Lipinski definition) is 4. The quantitative estimate of drug-likeness (QED) is 0.219. The van der Waals surface area contributed by atoms with Crippen LogP contribution < -0.4 is 4.89 Å². The van der Waals surface area contributed by atoms with Crippen molar-refractivity contribution in [2.24, 2.45) is 0 Å². The van der Waals surface area contributed by atoms with Gasteiger partial charge in [0.15, 0.2) is 5.75 Å². The Bertz CT molecular complexity index is 499. The lowest BCUT2D eigenvalue weighted by molar-refractivity contribution is -0.213. The van der Waals surface area contributed by atoms with Crippen molar-refractivity contribution >= 4 is 5.97 Å². The van der Waals surface area contributed by atoms with Crippen LogP contribution in [0.2, 0.25) is 0 Å². The molecule has 0 aliphatic rings. The largest absolute Gasteiger partial charge is 0.508 e. The third-order valence-electron chi connectivity index (χ3n) is 4.49. The number of phenols is 1. The van der Waals surface area contributed by atoms with Crippen LogP contribution in [0.3, 0.4) is 0 Å². The highest BCUT2D eigenvalue weighted by molar-refractivity contribution is 5.68. The molecule has 0 atom stereocenters. The fourth-order valence-corrected chi connectivity index (χ4v) is 2.95. The molecule has 148 valence electrons. The lowest BCUT2D eigenvalue weighted by Gasteiger charge is -2.08. The van der Waals surface area contributed by atoms with Gasteiger partial charge < -0.3 is 5.11 Å². The number of aryl methyl sites for hydroxylation is 1. The first-order valence-corrected chi connectivity index (χ1v) is 10.4. The van der Waals surface area contributed by atoms with Gasteiger partial charge in [0, 0.05) is 6.07 Å². The van der Waals surface area contributed by atoms with Gasteiger partial charge in [-0.3, -0.25) is 9.78 Å². The van der Waals surface area contributed by atoms with Crippen molar-refractivity contribution in [3.8, 4) is 11.5 Å². The maximum atomic E-state index is 11.8. The Morgan fingerprint density at radius 3 is 2.15 bits per heavy atom. The average Bonchev–Trinajstić information content (AvgIpc) is 2.62. The predicted octanol–water partition coefficient (Wildman–Crippen LogP) is 6.49. The summed E-state index contributed by atoms with van der Waals surface area (Å²) in [4.78, 5) is 21.7. The third-order valence-corrected chi connectivity index (χ3v) is 4.49. The Morgan fingerprint density at radius 1 is 0.846 bits per heavy atom. The van der Waals surface area contributed by atoms with E-state index in [-0.39, 0.29) is 11.7 Å². The van der Waals surface area contributed by atoms with Gasteiger partial charge in [-0.2, -0.15) is 0 Å². The molecular formula is C22H36O4. The predicted molar refractivity (Wildman–Crippen MR) is 105 cm³/mol. The van der Waals surface area contributed by atoms with E-state index in [2.05, 4.69) is 13.8 Å². The first-order chi connectivity index (χ1) is 12.7. The van der Waals surface area contributed by atoms with E-state index in [1.54, 1.807) is 6.07 Å². The van der Waals surface area contributed by atoms with Gasteiger partial charge >= 0.3 is 5.97 Å².